The summed E-state index contributed by atoms with van der Waals surface area (Å²) in [7, 11) is 1.47. The van der Waals surface area contributed by atoms with Crippen molar-refractivity contribution in [1.82, 2.24) is 15.0 Å². The lowest BCUT2D eigenvalue weighted by molar-refractivity contribution is -0.385. The lowest BCUT2D eigenvalue weighted by atomic mass is 10.0. The highest BCUT2D eigenvalue weighted by atomic mass is 16.6. The molecule has 8 heteroatoms. The van der Waals surface area contributed by atoms with Crippen molar-refractivity contribution >= 4 is 5.69 Å². The van der Waals surface area contributed by atoms with Crippen LogP contribution in [0.2, 0.25) is 0 Å². The summed E-state index contributed by atoms with van der Waals surface area (Å²) in [4.78, 5) is 10.5. The van der Waals surface area contributed by atoms with Crippen LogP contribution in [0.1, 0.15) is 25.1 Å². The van der Waals surface area contributed by atoms with Crippen molar-refractivity contribution in [3.63, 3.8) is 0 Å². The highest BCUT2D eigenvalue weighted by molar-refractivity contribution is 5.42. The Bertz CT molecular complexity index is 660. The number of nitro benzene ring substituents is 1. The van der Waals surface area contributed by atoms with Crippen LogP contribution in [-0.4, -0.2) is 27.0 Å². The molecule has 0 saturated heterocycles. The second kappa shape index (κ2) is 5.49. The number of nitrogens with two attached hydrogens (primary N) is 1. The molecule has 0 aliphatic rings. The van der Waals surface area contributed by atoms with Gasteiger partial charge in [0.25, 0.3) is 5.69 Å². The van der Waals surface area contributed by atoms with E-state index in [-0.39, 0.29) is 5.69 Å². The van der Waals surface area contributed by atoms with Crippen LogP contribution in [0.15, 0.2) is 24.4 Å². The normalized spacial score (nSPS) is 11.4. The van der Waals surface area contributed by atoms with Crippen molar-refractivity contribution in [3.8, 4) is 5.75 Å². The maximum absolute atomic E-state index is 10.9. The van der Waals surface area contributed by atoms with Gasteiger partial charge in [-0.3, -0.25) is 10.1 Å². The summed E-state index contributed by atoms with van der Waals surface area (Å²) in [6.07, 6.45) is 1.73. The fraction of sp³-hybridized carbons (Fsp3) is 0.385. The summed E-state index contributed by atoms with van der Waals surface area (Å²) in [5.41, 5.74) is 6.69. The van der Waals surface area contributed by atoms with E-state index in [1.54, 1.807) is 16.9 Å². The van der Waals surface area contributed by atoms with Crippen molar-refractivity contribution < 1.29 is 9.66 Å². The zero-order valence-corrected chi connectivity index (χ0v) is 12.1. The summed E-state index contributed by atoms with van der Waals surface area (Å²) in [5, 5.41) is 18.9. The molecule has 0 spiro atoms. The lowest BCUT2D eigenvalue weighted by Gasteiger charge is -2.13. The Kier molecular flexibility index (Phi) is 3.90. The third-order valence-electron chi connectivity index (χ3n) is 2.94. The number of nitrogens with zero attached hydrogens (tertiary/aromatic N) is 4. The second-order valence-corrected chi connectivity index (χ2v) is 5.32. The van der Waals surface area contributed by atoms with Crippen molar-refractivity contribution in [1.29, 1.82) is 0 Å². The number of benzene rings is 1. The molecule has 1 aromatic heterocycles. The molecule has 0 atom stereocenters. The Morgan fingerprint density at radius 1 is 1.43 bits per heavy atom. The summed E-state index contributed by atoms with van der Waals surface area (Å²) >= 11 is 0. The van der Waals surface area contributed by atoms with E-state index < -0.39 is 10.5 Å². The molecule has 21 heavy (non-hydrogen) atoms. The minimum absolute atomic E-state index is 0.0242. The van der Waals surface area contributed by atoms with Gasteiger partial charge in [0, 0.05) is 6.07 Å². The summed E-state index contributed by atoms with van der Waals surface area (Å²) in [5.74, 6) is 0.429. The van der Waals surface area contributed by atoms with Crippen LogP contribution in [0.5, 0.6) is 5.75 Å². The first kappa shape index (κ1) is 14.9. The molecule has 0 amide bonds. The second-order valence-electron chi connectivity index (χ2n) is 5.32. The predicted molar refractivity (Wildman–Crippen MR) is 76.0 cm³/mol. The number of ether oxygens (including phenoxy) is 1. The van der Waals surface area contributed by atoms with Gasteiger partial charge in [0.15, 0.2) is 0 Å². The quantitative estimate of drug-likeness (QED) is 0.659. The first-order valence-corrected chi connectivity index (χ1v) is 6.31. The van der Waals surface area contributed by atoms with Crippen LogP contribution in [0, 0.1) is 10.1 Å². The van der Waals surface area contributed by atoms with Crippen molar-refractivity contribution in [2.75, 3.05) is 7.11 Å². The van der Waals surface area contributed by atoms with E-state index in [0.717, 1.165) is 0 Å². The van der Waals surface area contributed by atoms with Gasteiger partial charge in [-0.1, -0.05) is 5.21 Å². The summed E-state index contributed by atoms with van der Waals surface area (Å²) < 4.78 is 6.66. The molecule has 8 nitrogen and oxygen atoms in total. The van der Waals surface area contributed by atoms with Gasteiger partial charge in [0.2, 0.25) is 0 Å². The first-order valence-electron chi connectivity index (χ1n) is 6.31. The molecular formula is C13H17N5O3. The Balaban J connectivity index is 2.28. The number of aromatic nitrogens is 3. The van der Waals surface area contributed by atoms with E-state index in [9.17, 15) is 10.1 Å². The van der Waals surface area contributed by atoms with E-state index in [4.69, 9.17) is 10.5 Å². The standard InChI is InChI=1S/C13H17N5O3/c1-13(2,14)12-8-17(16-15-12)7-9-4-10(18(19)20)6-11(5-9)21-3/h4-6,8H,7,14H2,1-3H3. The largest absolute Gasteiger partial charge is 0.496 e. The Labute approximate surface area is 121 Å². The zero-order chi connectivity index (χ0) is 15.6. The highest BCUT2D eigenvalue weighted by Gasteiger charge is 2.18. The monoisotopic (exact) mass is 291 g/mol. The van der Waals surface area contributed by atoms with Crippen molar-refractivity contribution in [2.45, 2.75) is 25.9 Å². The number of methoxy groups -OCH3 is 1. The maximum Gasteiger partial charge on any atom is 0.273 e. The van der Waals surface area contributed by atoms with Crippen molar-refractivity contribution in [3.05, 3.63) is 45.8 Å². The van der Waals surface area contributed by atoms with Gasteiger partial charge in [-0.2, -0.15) is 0 Å². The van der Waals surface area contributed by atoms with E-state index in [0.29, 0.717) is 23.6 Å². The number of hydrogen-bond acceptors (Lipinski definition) is 6. The molecule has 0 radical (unpaired) electrons. The Morgan fingerprint density at radius 3 is 2.67 bits per heavy atom. The molecular weight excluding hydrogens is 274 g/mol. The smallest absolute Gasteiger partial charge is 0.273 e. The minimum Gasteiger partial charge on any atom is -0.496 e. The van der Waals surface area contributed by atoms with Crippen molar-refractivity contribution in [2.24, 2.45) is 5.73 Å². The molecule has 0 aliphatic carbocycles. The average Bonchev–Trinajstić information content (AvgIpc) is 2.86. The third-order valence-corrected chi connectivity index (χ3v) is 2.94. The van der Waals surface area contributed by atoms with Gasteiger partial charge in [0.1, 0.15) is 11.4 Å². The Morgan fingerprint density at radius 2 is 2.14 bits per heavy atom. The van der Waals surface area contributed by atoms with Gasteiger partial charge < -0.3 is 10.5 Å². The van der Waals surface area contributed by atoms with Crippen LogP contribution in [-0.2, 0) is 12.1 Å². The molecule has 2 N–H and O–H groups in total. The molecule has 1 heterocycles. The average molecular weight is 291 g/mol. The number of rotatable bonds is 5. The minimum atomic E-state index is -0.585. The van der Waals surface area contributed by atoms with Crippen LogP contribution in [0.4, 0.5) is 5.69 Å². The first-order chi connectivity index (χ1) is 9.79. The maximum atomic E-state index is 10.9. The molecule has 2 aromatic rings. The van der Waals surface area contributed by atoms with E-state index in [1.807, 2.05) is 13.8 Å². The molecule has 0 saturated carbocycles. The zero-order valence-electron chi connectivity index (χ0n) is 12.1. The topological polar surface area (TPSA) is 109 Å². The number of hydrogen-bond donors (Lipinski definition) is 1. The highest BCUT2D eigenvalue weighted by Crippen LogP contribution is 2.23. The van der Waals surface area contributed by atoms with E-state index in [2.05, 4.69) is 10.3 Å². The van der Waals surface area contributed by atoms with E-state index >= 15 is 0 Å². The molecule has 112 valence electrons. The molecule has 1 aromatic carbocycles. The summed E-state index contributed by atoms with van der Waals surface area (Å²) in [6, 6.07) is 4.58. The molecule has 0 fully saturated rings. The van der Waals surface area contributed by atoms with Crippen LogP contribution in [0.3, 0.4) is 0 Å². The molecule has 0 aliphatic heterocycles. The van der Waals surface area contributed by atoms with Gasteiger partial charge in [-0.15, -0.1) is 5.10 Å². The van der Waals surface area contributed by atoms with Gasteiger partial charge in [-0.25, -0.2) is 4.68 Å². The lowest BCUT2D eigenvalue weighted by Crippen LogP contribution is -2.29. The van der Waals surface area contributed by atoms with Gasteiger partial charge >= 0.3 is 0 Å². The van der Waals surface area contributed by atoms with Gasteiger partial charge in [-0.05, 0) is 25.5 Å². The number of nitro groups is 1. The predicted octanol–water partition coefficient (Wildman–Crippen LogP) is 1.44. The van der Waals surface area contributed by atoms with Crippen LogP contribution >= 0.6 is 0 Å². The summed E-state index contributed by atoms with van der Waals surface area (Å²) in [6.45, 7) is 4.01. The Hall–Kier alpha value is -2.48. The van der Waals surface area contributed by atoms with Crippen LogP contribution in [0.25, 0.3) is 0 Å². The fourth-order valence-electron chi connectivity index (χ4n) is 1.82. The van der Waals surface area contributed by atoms with E-state index in [1.165, 1.54) is 19.2 Å². The SMILES string of the molecule is COc1cc(Cn2cc(C(C)(C)N)nn2)cc([N+](=O)[O-])c1. The van der Waals surface area contributed by atoms with Gasteiger partial charge in [0.05, 0.1) is 36.4 Å². The fourth-order valence-corrected chi connectivity index (χ4v) is 1.82. The molecule has 2 rings (SSSR count). The van der Waals surface area contributed by atoms with Crippen LogP contribution < -0.4 is 10.5 Å². The molecule has 0 bridgehead atoms. The number of non-ortho nitro benzene ring substituents is 1. The third kappa shape index (κ3) is 3.54. The molecule has 0 unspecified atom stereocenters.